The summed E-state index contributed by atoms with van der Waals surface area (Å²) in [5.41, 5.74) is 4.49. The molecule has 6 rings (SSSR count). The fourth-order valence-electron chi connectivity index (χ4n) is 5.48. The van der Waals surface area contributed by atoms with Crippen molar-refractivity contribution in [3.05, 3.63) is 65.9 Å². The molecule has 2 aliphatic heterocycles. The highest BCUT2D eigenvalue weighted by Crippen LogP contribution is 2.25. The third kappa shape index (κ3) is 5.99. The van der Waals surface area contributed by atoms with Crippen molar-refractivity contribution in [1.82, 2.24) is 29.4 Å². The number of anilines is 5. The van der Waals surface area contributed by atoms with Crippen molar-refractivity contribution < 1.29 is 9.59 Å². The van der Waals surface area contributed by atoms with E-state index < -0.39 is 0 Å². The van der Waals surface area contributed by atoms with E-state index in [1.807, 2.05) is 66.7 Å². The average molecular weight is 554 g/mol. The number of benzene rings is 2. The van der Waals surface area contributed by atoms with Crippen LogP contribution in [0.15, 0.2) is 54.7 Å². The maximum absolute atomic E-state index is 13.4. The first kappa shape index (κ1) is 26.7. The van der Waals surface area contributed by atoms with Gasteiger partial charge in [0.15, 0.2) is 5.65 Å². The van der Waals surface area contributed by atoms with Crippen LogP contribution >= 0.6 is 0 Å². The molecule has 2 amide bonds. The van der Waals surface area contributed by atoms with Gasteiger partial charge in [-0.1, -0.05) is 12.1 Å². The van der Waals surface area contributed by atoms with Crippen molar-refractivity contribution in [2.45, 2.75) is 44.6 Å². The molecule has 4 bridgehead atoms. The summed E-state index contributed by atoms with van der Waals surface area (Å²) in [5.74, 6) is 0.886. The quantitative estimate of drug-likeness (QED) is 0.339. The highest BCUT2D eigenvalue weighted by Gasteiger charge is 2.25. The van der Waals surface area contributed by atoms with Gasteiger partial charge in [-0.3, -0.25) is 9.59 Å². The lowest BCUT2D eigenvalue weighted by atomic mass is 10.0. The Labute approximate surface area is 239 Å². The highest BCUT2D eigenvalue weighted by molar-refractivity contribution is 5.95. The van der Waals surface area contributed by atoms with Crippen LogP contribution in [0.5, 0.6) is 0 Å². The normalized spacial score (nSPS) is 16.6. The van der Waals surface area contributed by atoms with Gasteiger partial charge in [0.25, 0.3) is 5.91 Å². The summed E-state index contributed by atoms with van der Waals surface area (Å²) in [4.78, 5) is 39.5. The molecule has 0 radical (unpaired) electrons. The minimum absolute atomic E-state index is 0.00105. The second-order valence-corrected chi connectivity index (χ2v) is 10.9. The molecule has 3 N–H and O–H groups in total. The molecule has 0 spiro atoms. The molecule has 212 valence electrons. The van der Waals surface area contributed by atoms with Crippen molar-refractivity contribution in [2.24, 2.45) is 0 Å². The maximum Gasteiger partial charge on any atom is 0.253 e. The van der Waals surface area contributed by atoms with Crippen LogP contribution in [0.25, 0.3) is 5.65 Å². The van der Waals surface area contributed by atoms with E-state index in [4.69, 9.17) is 9.97 Å². The molecule has 11 heteroatoms. The second-order valence-electron chi connectivity index (χ2n) is 10.9. The molecule has 11 nitrogen and oxygen atoms in total. The number of carbonyl (C=O) groups is 2. The summed E-state index contributed by atoms with van der Waals surface area (Å²) in [5, 5.41) is 14.2. The van der Waals surface area contributed by atoms with Crippen molar-refractivity contribution >= 4 is 46.4 Å². The third-order valence-corrected chi connectivity index (χ3v) is 7.87. The summed E-state index contributed by atoms with van der Waals surface area (Å²) in [7, 11) is 4.02. The Kier molecular flexibility index (Phi) is 7.51. The average Bonchev–Trinajstić information content (AvgIpc) is 3.38. The molecule has 2 aromatic carbocycles. The van der Waals surface area contributed by atoms with Crippen LogP contribution in [-0.2, 0) is 11.2 Å². The van der Waals surface area contributed by atoms with Gasteiger partial charge in [0.05, 0.1) is 6.20 Å². The van der Waals surface area contributed by atoms with Gasteiger partial charge in [-0.2, -0.15) is 19.6 Å². The van der Waals surface area contributed by atoms with Crippen LogP contribution in [0, 0.1) is 0 Å². The van der Waals surface area contributed by atoms with Gasteiger partial charge in [-0.15, -0.1) is 0 Å². The van der Waals surface area contributed by atoms with Crippen LogP contribution < -0.4 is 16.0 Å². The zero-order valence-electron chi connectivity index (χ0n) is 23.4. The second kappa shape index (κ2) is 11.5. The molecule has 4 aromatic rings. The van der Waals surface area contributed by atoms with E-state index in [9.17, 15) is 9.59 Å². The Morgan fingerprint density at radius 3 is 2.59 bits per heavy atom. The molecule has 0 unspecified atom stereocenters. The minimum atomic E-state index is -0.00105. The van der Waals surface area contributed by atoms with E-state index in [2.05, 4.69) is 33.0 Å². The van der Waals surface area contributed by atoms with E-state index in [0.29, 0.717) is 35.2 Å². The van der Waals surface area contributed by atoms with Gasteiger partial charge in [-0.05, 0) is 88.6 Å². The first-order chi connectivity index (χ1) is 19.9. The highest BCUT2D eigenvalue weighted by atomic mass is 16.2. The van der Waals surface area contributed by atoms with Crippen molar-refractivity contribution in [3.63, 3.8) is 0 Å². The van der Waals surface area contributed by atoms with E-state index in [-0.39, 0.29) is 17.9 Å². The Morgan fingerprint density at radius 2 is 1.76 bits per heavy atom. The summed E-state index contributed by atoms with van der Waals surface area (Å²) in [6.07, 6.45) is 6.54. The number of aromatic nitrogens is 4. The smallest absolute Gasteiger partial charge is 0.253 e. The van der Waals surface area contributed by atoms with Crippen LogP contribution in [0.4, 0.5) is 29.0 Å². The van der Waals surface area contributed by atoms with Gasteiger partial charge < -0.3 is 25.8 Å². The van der Waals surface area contributed by atoms with Crippen molar-refractivity contribution in [2.75, 3.05) is 43.1 Å². The van der Waals surface area contributed by atoms with Crippen LogP contribution in [0.3, 0.4) is 0 Å². The van der Waals surface area contributed by atoms with E-state index in [1.165, 1.54) is 0 Å². The summed E-state index contributed by atoms with van der Waals surface area (Å²) in [6.45, 7) is 1.99. The predicted octanol–water partition coefficient (Wildman–Crippen LogP) is 4.44. The first-order valence-corrected chi connectivity index (χ1v) is 14.2. The molecular formula is C30H35N9O2. The molecule has 1 fully saturated rings. The van der Waals surface area contributed by atoms with E-state index in [0.717, 1.165) is 62.1 Å². The van der Waals surface area contributed by atoms with Crippen LogP contribution in [0.2, 0.25) is 0 Å². The predicted molar refractivity (Wildman–Crippen MR) is 159 cm³/mol. The minimum Gasteiger partial charge on any atom is -0.339 e. The Bertz CT molecular complexity index is 1580. The zero-order valence-corrected chi connectivity index (χ0v) is 23.4. The van der Waals surface area contributed by atoms with Gasteiger partial charge in [-0.25, -0.2) is 0 Å². The van der Waals surface area contributed by atoms with Crippen LogP contribution in [0.1, 0.15) is 48.0 Å². The number of amides is 2. The largest absolute Gasteiger partial charge is 0.339 e. The van der Waals surface area contributed by atoms with Crippen molar-refractivity contribution in [3.8, 4) is 0 Å². The lowest BCUT2D eigenvalue weighted by molar-refractivity contribution is -0.116. The number of carbonyl (C=O) groups excluding carboxylic acids is 2. The maximum atomic E-state index is 13.4. The number of hydrogen-bond donors (Lipinski definition) is 3. The summed E-state index contributed by atoms with van der Waals surface area (Å²) < 4.78 is 1.69. The lowest BCUT2D eigenvalue weighted by Crippen LogP contribution is -2.44. The molecular weight excluding hydrogens is 518 g/mol. The first-order valence-electron chi connectivity index (χ1n) is 14.2. The monoisotopic (exact) mass is 553 g/mol. The van der Waals surface area contributed by atoms with Gasteiger partial charge >= 0.3 is 0 Å². The topological polar surface area (TPSA) is 120 Å². The fraction of sp³-hybridized carbons (Fsp3) is 0.367. The third-order valence-electron chi connectivity index (χ3n) is 7.87. The number of nitrogens with one attached hydrogen (secondary N) is 3. The standard InChI is InChI=1S/C30H35N9O2/c1-37-15-13-25(14-16-37)38(2)28(41)20-8-5-9-22(17-20)34-30-36-29-33-24-11-6-10-23(18-24)32-26(40)12-4-3-7-21-19-31-39(30)27(21)35-29/h5-6,8-11,17-19,25H,3-4,7,12-16H2,1-2H3,(H,32,40)(H2,33,34,35,36). The number of hydrogen-bond acceptors (Lipinski definition) is 8. The van der Waals surface area contributed by atoms with Gasteiger partial charge in [0.2, 0.25) is 17.8 Å². The van der Waals surface area contributed by atoms with Crippen molar-refractivity contribution in [1.29, 1.82) is 0 Å². The zero-order chi connectivity index (χ0) is 28.3. The Balaban J connectivity index is 1.30. The summed E-state index contributed by atoms with van der Waals surface area (Å²) in [6, 6.07) is 15.2. The lowest BCUT2D eigenvalue weighted by Gasteiger charge is -2.35. The van der Waals surface area contributed by atoms with Gasteiger partial charge in [0.1, 0.15) is 0 Å². The number of likely N-dealkylation sites (tertiary alicyclic amines) is 1. The Morgan fingerprint density at radius 1 is 1.00 bits per heavy atom. The number of aryl methyl sites for hydroxylation is 1. The molecule has 4 heterocycles. The number of piperidine rings is 1. The number of nitrogens with zero attached hydrogens (tertiary/aromatic N) is 6. The SMILES string of the molecule is CN1CCC(N(C)C(=O)c2cccc(Nc3nc4nc5c(cnn35)CCCCC(=O)Nc3cccc(c3)N4)c2)CC1. The molecule has 2 aliphatic rings. The Hall–Kier alpha value is -4.51. The number of fused-ring (bicyclic) bond motifs is 3. The molecule has 2 aromatic heterocycles. The van der Waals surface area contributed by atoms with Gasteiger partial charge in [0, 0.05) is 47.7 Å². The number of rotatable bonds is 4. The molecule has 0 aliphatic carbocycles. The molecule has 0 saturated carbocycles. The molecule has 1 saturated heterocycles. The summed E-state index contributed by atoms with van der Waals surface area (Å²) >= 11 is 0. The van der Waals surface area contributed by atoms with E-state index >= 15 is 0 Å². The molecule has 41 heavy (non-hydrogen) atoms. The molecule has 0 atom stereocenters. The fourth-order valence-corrected chi connectivity index (χ4v) is 5.48. The van der Waals surface area contributed by atoms with Crippen LogP contribution in [-0.4, -0.2) is 74.4 Å². The van der Waals surface area contributed by atoms with E-state index in [1.54, 1.807) is 4.52 Å².